The Morgan fingerprint density at radius 3 is 2.03 bits per heavy atom. The van der Waals surface area contributed by atoms with Crippen LogP contribution in [0, 0.1) is 19.7 Å². The van der Waals surface area contributed by atoms with E-state index >= 15 is 0 Å². The lowest BCUT2D eigenvalue weighted by atomic mass is 9.85. The van der Waals surface area contributed by atoms with Crippen LogP contribution >= 0.6 is 11.8 Å². The molecular weight excluding hydrogens is 463 g/mol. The van der Waals surface area contributed by atoms with Crippen LogP contribution in [0.4, 0.5) is 4.39 Å². The normalized spacial score (nSPS) is 13.6. The summed E-state index contributed by atoms with van der Waals surface area (Å²) in [5, 5.41) is 10.5. The molecule has 1 N–H and O–H groups in total. The number of halogens is 1. The fourth-order valence-corrected chi connectivity index (χ4v) is 5.52. The molecule has 0 aliphatic carbocycles. The van der Waals surface area contributed by atoms with Crippen molar-refractivity contribution in [2.45, 2.75) is 30.5 Å². The topological polar surface area (TPSA) is 72.3 Å². The van der Waals surface area contributed by atoms with Crippen LogP contribution in [-0.2, 0) is 15.3 Å². The van der Waals surface area contributed by atoms with Crippen LogP contribution < -0.4 is 4.74 Å². The van der Waals surface area contributed by atoms with Crippen molar-refractivity contribution in [1.82, 2.24) is 9.97 Å². The maximum absolute atomic E-state index is 13.9. The van der Waals surface area contributed by atoms with Crippen LogP contribution in [0.2, 0.25) is 0 Å². The number of aryl methyl sites for hydroxylation is 2. The molecule has 5 nitrogen and oxygen atoms in total. The van der Waals surface area contributed by atoms with Gasteiger partial charge in [-0.25, -0.2) is 19.2 Å². The molecule has 178 valence electrons. The first-order valence-electron chi connectivity index (χ1n) is 11.1. The molecule has 0 saturated heterocycles. The first-order valence-corrected chi connectivity index (χ1v) is 12.1. The standard InChI is InChI=1S/C28H25FN2O3S/c1-19-17-20(2)31-27(30-19)34-25(26(32)33)28(22-11-7-4-8-12-22,23-13-15-24(29)16-14-23)35-18-21-9-5-3-6-10-21/h3-17,25H,18H2,1-2H3,(H,32,33)/t25-,28+/m1/s1. The molecule has 0 aliphatic rings. The number of nitrogens with zero attached hydrogens (tertiary/aromatic N) is 2. The van der Waals surface area contributed by atoms with Crippen LogP contribution in [0.3, 0.4) is 0 Å². The Bertz CT molecular complexity index is 1270. The fraction of sp³-hybridized carbons (Fsp3) is 0.179. The Morgan fingerprint density at radius 1 is 0.914 bits per heavy atom. The molecule has 35 heavy (non-hydrogen) atoms. The summed E-state index contributed by atoms with van der Waals surface area (Å²) in [5.74, 6) is -1.09. The highest BCUT2D eigenvalue weighted by atomic mass is 32.2. The van der Waals surface area contributed by atoms with Gasteiger partial charge in [-0.3, -0.25) is 0 Å². The lowest BCUT2D eigenvalue weighted by Crippen LogP contribution is -2.47. The molecule has 0 spiro atoms. The van der Waals surface area contributed by atoms with Crippen molar-refractivity contribution in [2.24, 2.45) is 0 Å². The Labute approximate surface area is 208 Å². The van der Waals surface area contributed by atoms with Crippen molar-refractivity contribution in [3.63, 3.8) is 0 Å². The fourth-order valence-electron chi connectivity index (χ4n) is 4.03. The molecule has 0 fully saturated rings. The second kappa shape index (κ2) is 10.7. The minimum Gasteiger partial charge on any atom is -0.478 e. The minimum absolute atomic E-state index is 0.0161. The largest absolute Gasteiger partial charge is 0.478 e. The van der Waals surface area contributed by atoms with Crippen molar-refractivity contribution in [2.75, 3.05) is 0 Å². The lowest BCUT2D eigenvalue weighted by molar-refractivity contribution is -0.146. The number of rotatable bonds is 9. The molecule has 0 aliphatic heterocycles. The molecule has 2 atom stereocenters. The predicted octanol–water partition coefficient (Wildman–Crippen LogP) is 5.94. The quantitative estimate of drug-likeness (QED) is 0.314. The number of aromatic nitrogens is 2. The number of thioether (sulfide) groups is 1. The number of hydrogen-bond acceptors (Lipinski definition) is 5. The van der Waals surface area contributed by atoms with Crippen molar-refractivity contribution >= 4 is 17.7 Å². The van der Waals surface area contributed by atoms with Gasteiger partial charge >= 0.3 is 12.0 Å². The molecule has 0 saturated carbocycles. The molecule has 1 aromatic heterocycles. The summed E-state index contributed by atoms with van der Waals surface area (Å²) in [5.41, 5.74) is 3.67. The van der Waals surface area contributed by atoms with Crippen LogP contribution in [0.1, 0.15) is 28.1 Å². The third kappa shape index (κ3) is 5.52. The zero-order valence-electron chi connectivity index (χ0n) is 19.4. The maximum Gasteiger partial charge on any atom is 0.347 e. The number of hydrogen-bond donors (Lipinski definition) is 1. The smallest absolute Gasteiger partial charge is 0.347 e. The van der Waals surface area contributed by atoms with Gasteiger partial charge in [-0.05, 0) is 48.7 Å². The summed E-state index contributed by atoms with van der Waals surface area (Å²) < 4.78 is 18.8. The third-order valence-corrected chi connectivity index (χ3v) is 7.18. The molecule has 7 heteroatoms. The highest BCUT2D eigenvalue weighted by molar-refractivity contribution is 7.99. The lowest BCUT2D eigenvalue weighted by Gasteiger charge is -2.38. The highest BCUT2D eigenvalue weighted by Gasteiger charge is 2.49. The second-order valence-corrected chi connectivity index (χ2v) is 9.37. The molecular formula is C28H25FN2O3S. The van der Waals surface area contributed by atoms with E-state index in [-0.39, 0.29) is 6.01 Å². The third-order valence-electron chi connectivity index (χ3n) is 5.56. The Kier molecular flexibility index (Phi) is 7.46. The number of ether oxygens (including phenoxy) is 1. The Hall–Kier alpha value is -3.71. The maximum atomic E-state index is 13.9. The van der Waals surface area contributed by atoms with Crippen molar-refractivity contribution in [3.8, 4) is 6.01 Å². The van der Waals surface area contributed by atoms with Gasteiger partial charge in [0.05, 0.1) is 0 Å². The molecule has 1 heterocycles. The van der Waals surface area contributed by atoms with Gasteiger partial charge in [-0.15, -0.1) is 11.8 Å². The summed E-state index contributed by atoms with van der Waals surface area (Å²) in [6, 6.07) is 26.7. The van der Waals surface area contributed by atoms with E-state index in [1.165, 1.54) is 23.9 Å². The molecule has 4 rings (SSSR count). The van der Waals surface area contributed by atoms with E-state index in [0.717, 1.165) is 5.56 Å². The first kappa shape index (κ1) is 24.4. The van der Waals surface area contributed by atoms with E-state index in [0.29, 0.717) is 28.3 Å². The summed E-state index contributed by atoms with van der Waals surface area (Å²) in [4.78, 5) is 21.5. The van der Waals surface area contributed by atoms with E-state index in [2.05, 4.69) is 9.97 Å². The van der Waals surface area contributed by atoms with Crippen LogP contribution in [0.5, 0.6) is 6.01 Å². The predicted molar refractivity (Wildman–Crippen MR) is 135 cm³/mol. The van der Waals surface area contributed by atoms with Crippen molar-refractivity contribution < 1.29 is 19.0 Å². The molecule has 4 aromatic rings. The summed E-state index contributed by atoms with van der Waals surface area (Å²) >= 11 is 1.41. The van der Waals surface area contributed by atoms with Gasteiger partial charge < -0.3 is 9.84 Å². The average Bonchev–Trinajstić information content (AvgIpc) is 2.85. The SMILES string of the molecule is Cc1cc(C)nc(O[C@H](C(=O)O)[C@](SCc2ccccc2)(c2ccccc2)c2ccc(F)cc2)n1. The highest BCUT2D eigenvalue weighted by Crippen LogP contribution is 2.48. The van der Waals surface area contributed by atoms with Crippen molar-refractivity contribution in [1.29, 1.82) is 0 Å². The molecule has 0 radical (unpaired) electrons. The van der Waals surface area contributed by atoms with E-state index in [1.807, 2.05) is 60.7 Å². The van der Waals surface area contributed by atoms with Gasteiger partial charge in [0.2, 0.25) is 6.10 Å². The van der Waals surface area contributed by atoms with Gasteiger partial charge in [-0.2, -0.15) is 0 Å². The van der Waals surface area contributed by atoms with E-state index < -0.39 is 22.6 Å². The second-order valence-electron chi connectivity index (χ2n) is 8.15. The van der Waals surface area contributed by atoms with E-state index in [9.17, 15) is 14.3 Å². The van der Waals surface area contributed by atoms with Gasteiger partial charge in [0, 0.05) is 17.1 Å². The van der Waals surface area contributed by atoms with Gasteiger partial charge in [0.1, 0.15) is 10.6 Å². The number of carboxylic acid groups (broad SMARTS) is 1. The van der Waals surface area contributed by atoms with Gasteiger partial charge in [-0.1, -0.05) is 72.8 Å². The molecule has 0 unspecified atom stereocenters. The number of benzene rings is 3. The first-order chi connectivity index (χ1) is 16.9. The zero-order chi connectivity index (χ0) is 24.8. The van der Waals surface area contributed by atoms with Crippen molar-refractivity contribution in [3.05, 3.63) is 125 Å². The number of carbonyl (C=O) groups is 1. The average molecular weight is 489 g/mol. The minimum atomic E-state index is -1.41. The van der Waals surface area contributed by atoms with Crippen LogP contribution in [-0.4, -0.2) is 27.1 Å². The van der Waals surface area contributed by atoms with Gasteiger partial charge in [0.15, 0.2) is 0 Å². The van der Waals surface area contributed by atoms with E-state index in [1.54, 1.807) is 32.0 Å². The Balaban J connectivity index is 1.91. The van der Waals surface area contributed by atoms with Gasteiger partial charge in [0.25, 0.3) is 0 Å². The summed E-state index contributed by atoms with van der Waals surface area (Å²) in [7, 11) is 0. The Morgan fingerprint density at radius 2 is 1.46 bits per heavy atom. The molecule has 0 amide bonds. The molecule has 0 bridgehead atoms. The molecule has 3 aromatic carbocycles. The van der Waals surface area contributed by atoms with Crippen LogP contribution in [0.25, 0.3) is 0 Å². The van der Waals surface area contributed by atoms with E-state index in [4.69, 9.17) is 4.74 Å². The zero-order valence-corrected chi connectivity index (χ0v) is 20.2. The summed E-state index contributed by atoms with van der Waals surface area (Å²) in [6.07, 6.45) is -1.41. The number of aliphatic carboxylic acids is 1. The summed E-state index contributed by atoms with van der Waals surface area (Å²) in [6.45, 7) is 3.60. The monoisotopic (exact) mass is 488 g/mol. The van der Waals surface area contributed by atoms with Crippen LogP contribution in [0.15, 0.2) is 91.0 Å². The number of carboxylic acids is 1.